The van der Waals surface area contributed by atoms with Crippen molar-refractivity contribution < 1.29 is 23.5 Å². The highest BCUT2D eigenvalue weighted by Gasteiger charge is 2.42. The summed E-state index contributed by atoms with van der Waals surface area (Å²) < 4.78 is 24.3. The molecule has 1 fully saturated rings. The first-order chi connectivity index (χ1) is 11.4. The summed E-state index contributed by atoms with van der Waals surface area (Å²) in [5, 5.41) is 0. The normalized spacial score (nSPS) is 21.3. The molecule has 0 aliphatic carbocycles. The van der Waals surface area contributed by atoms with Gasteiger partial charge < -0.3 is 14.4 Å². The Balaban J connectivity index is 2.19. The van der Waals surface area contributed by atoms with Gasteiger partial charge in [0.1, 0.15) is 17.9 Å². The summed E-state index contributed by atoms with van der Waals surface area (Å²) in [6, 6.07) is -0.345. The van der Waals surface area contributed by atoms with E-state index in [1.165, 1.54) is 4.90 Å². The lowest BCUT2D eigenvalue weighted by atomic mass is 9.96. The van der Waals surface area contributed by atoms with Crippen molar-refractivity contribution in [3.63, 3.8) is 0 Å². The minimum atomic E-state index is -0.606. The van der Waals surface area contributed by atoms with Crippen molar-refractivity contribution in [1.82, 2.24) is 9.80 Å². The van der Waals surface area contributed by atoms with E-state index < -0.39 is 30.1 Å². The van der Waals surface area contributed by atoms with E-state index in [0.29, 0.717) is 25.1 Å². The average molecular weight is 356 g/mol. The molecule has 2 rings (SSSR count). The van der Waals surface area contributed by atoms with Crippen LogP contribution in [0.1, 0.15) is 48.0 Å². The van der Waals surface area contributed by atoms with Crippen molar-refractivity contribution >= 4 is 12.2 Å². The van der Waals surface area contributed by atoms with Gasteiger partial charge in [-0.2, -0.15) is 0 Å². The number of halogens is 1. The van der Waals surface area contributed by atoms with Gasteiger partial charge in [0, 0.05) is 19.6 Å². The van der Waals surface area contributed by atoms with E-state index in [-0.39, 0.29) is 12.6 Å². The second-order valence-electron chi connectivity index (χ2n) is 8.56. The Bertz CT molecular complexity index is 575. The molecule has 1 unspecified atom stereocenters. The highest BCUT2D eigenvalue weighted by molar-refractivity contribution is 5.73. The van der Waals surface area contributed by atoms with Crippen molar-refractivity contribution in [3.05, 3.63) is 11.1 Å². The third-order valence-corrected chi connectivity index (χ3v) is 4.08. The van der Waals surface area contributed by atoms with Crippen molar-refractivity contribution in [3.8, 4) is 0 Å². The van der Waals surface area contributed by atoms with Gasteiger partial charge in [-0.05, 0) is 59.1 Å². The summed E-state index contributed by atoms with van der Waals surface area (Å²) in [6.45, 7) is 11.2. The number of alkyl halides is 1. The van der Waals surface area contributed by atoms with E-state index in [1.54, 1.807) is 46.4 Å². The molecule has 25 heavy (non-hydrogen) atoms. The number of carbonyl (C=O) groups excluding carboxylic acids is 2. The molecule has 0 N–H and O–H groups in total. The monoisotopic (exact) mass is 356 g/mol. The van der Waals surface area contributed by atoms with Crippen molar-refractivity contribution in [2.24, 2.45) is 0 Å². The number of likely N-dealkylation sites (tertiary alicyclic amines) is 1. The lowest BCUT2D eigenvalue weighted by Gasteiger charge is -2.35. The largest absolute Gasteiger partial charge is 0.444 e. The number of rotatable bonds is 1. The van der Waals surface area contributed by atoms with Crippen LogP contribution >= 0.6 is 0 Å². The predicted molar refractivity (Wildman–Crippen MR) is 92.2 cm³/mol. The Hall–Kier alpha value is -1.79. The minimum Gasteiger partial charge on any atom is -0.444 e. The summed E-state index contributed by atoms with van der Waals surface area (Å²) >= 11 is 0. The second kappa shape index (κ2) is 6.84. The van der Waals surface area contributed by atoms with Gasteiger partial charge in [-0.25, -0.2) is 14.0 Å². The number of ether oxygens (including phenoxy) is 2. The number of hydrogen-bond acceptors (Lipinski definition) is 4. The summed E-state index contributed by atoms with van der Waals surface area (Å²) in [5.74, 6) is 0. The first-order valence-electron chi connectivity index (χ1n) is 8.65. The first-order valence-corrected chi connectivity index (χ1v) is 8.65. The third-order valence-electron chi connectivity index (χ3n) is 4.08. The molecule has 2 amide bonds. The molecule has 0 spiro atoms. The Morgan fingerprint density at radius 2 is 1.64 bits per heavy atom. The van der Waals surface area contributed by atoms with Gasteiger partial charge in [0.05, 0.1) is 6.04 Å². The molecular formula is C18H29FN2O4. The molecule has 2 aliphatic heterocycles. The maximum Gasteiger partial charge on any atom is 0.410 e. The third kappa shape index (κ3) is 4.86. The van der Waals surface area contributed by atoms with Crippen LogP contribution in [0.5, 0.6) is 0 Å². The molecule has 0 aromatic carbocycles. The van der Waals surface area contributed by atoms with Gasteiger partial charge in [-0.3, -0.25) is 4.90 Å². The van der Waals surface area contributed by atoms with Crippen molar-refractivity contribution in [1.29, 1.82) is 0 Å². The first kappa shape index (κ1) is 19.5. The fourth-order valence-corrected chi connectivity index (χ4v) is 3.06. The van der Waals surface area contributed by atoms with Crippen molar-refractivity contribution in [2.75, 3.05) is 26.3 Å². The topological polar surface area (TPSA) is 59.1 Å². The predicted octanol–water partition coefficient (Wildman–Crippen LogP) is 3.51. The zero-order valence-corrected chi connectivity index (χ0v) is 16.0. The number of nitrogens with zero attached hydrogens (tertiary/aromatic N) is 2. The van der Waals surface area contributed by atoms with E-state index in [2.05, 4.69) is 0 Å². The Morgan fingerprint density at radius 1 is 1.08 bits per heavy atom. The Kier molecular flexibility index (Phi) is 5.35. The van der Waals surface area contributed by atoms with Crippen LogP contribution in [0.2, 0.25) is 0 Å². The van der Waals surface area contributed by atoms with E-state index in [1.807, 2.05) is 0 Å². The molecule has 0 aromatic heterocycles. The Labute approximate surface area is 148 Å². The molecule has 0 aromatic rings. The highest BCUT2D eigenvalue weighted by atomic mass is 19.1. The number of amides is 2. The summed E-state index contributed by atoms with van der Waals surface area (Å²) in [7, 11) is 0. The fourth-order valence-electron chi connectivity index (χ4n) is 3.06. The van der Waals surface area contributed by atoms with Gasteiger partial charge in [0.15, 0.2) is 0 Å². The van der Waals surface area contributed by atoms with Gasteiger partial charge in [0.25, 0.3) is 0 Å². The average Bonchev–Trinajstić information content (AvgIpc) is 2.87. The van der Waals surface area contributed by atoms with Gasteiger partial charge in [0.2, 0.25) is 0 Å². The molecule has 7 heteroatoms. The number of carbonyl (C=O) groups is 2. The molecule has 0 bridgehead atoms. The standard InChI is InChI=1S/C18H29FN2O4/c1-17(2,3)24-15(22)20-10-13-12(9-19)7-8-21(14(13)11-20)16(23)25-18(4,5)6/h14H,7-11H2,1-6H3. The van der Waals surface area contributed by atoms with Gasteiger partial charge in [-0.15, -0.1) is 0 Å². The molecule has 2 aliphatic rings. The SMILES string of the molecule is CC(C)(C)OC(=O)N1CC2=C(CF)CCN(C(=O)OC(C)(C)C)C2C1. The summed E-state index contributed by atoms with van der Waals surface area (Å²) in [5.41, 5.74) is 0.263. The smallest absolute Gasteiger partial charge is 0.410 e. The summed E-state index contributed by atoms with van der Waals surface area (Å²) in [4.78, 5) is 28.0. The van der Waals surface area contributed by atoms with Gasteiger partial charge in [-0.1, -0.05) is 0 Å². The van der Waals surface area contributed by atoms with E-state index in [4.69, 9.17) is 9.47 Å². The van der Waals surface area contributed by atoms with Crippen LogP contribution in [-0.4, -0.2) is 65.5 Å². The molecule has 0 saturated carbocycles. The van der Waals surface area contributed by atoms with E-state index in [9.17, 15) is 14.0 Å². The lowest BCUT2D eigenvalue weighted by Crippen LogP contribution is -2.48. The molecule has 142 valence electrons. The molecule has 1 saturated heterocycles. The molecular weight excluding hydrogens is 327 g/mol. The lowest BCUT2D eigenvalue weighted by molar-refractivity contribution is 0.0137. The minimum absolute atomic E-state index is 0.290. The van der Waals surface area contributed by atoms with Gasteiger partial charge >= 0.3 is 12.2 Å². The van der Waals surface area contributed by atoms with Crippen LogP contribution in [0.4, 0.5) is 14.0 Å². The number of fused-ring (bicyclic) bond motifs is 1. The molecule has 0 radical (unpaired) electrons. The van der Waals surface area contributed by atoms with Crippen LogP contribution in [0.3, 0.4) is 0 Å². The van der Waals surface area contributed by atoms with Crippen LogP contribution in [0, 0.1) is 0 Å². The van der Waals surface area contributed by atoms with E-state index >= 15 is 0 Å². The van der Waals surface area contributed by atoms with E-state index in [0.717, 1.165) is 5.57 Å². The molecule has 1 atom stereocenters. The second-order valence-corrected chi connectivity index (χ2v) is 8.56. The molecule has 6 nitrogen and oxygen atoms in total. The van der Waals surface area contributed by atoms with Crippen LogP contribution < -0.4 is 0 Å². The summed E-state index contributed by atoms with van der Waals surface area (Å²) in [6.07, 6.45) is -0.417. The fraction of sp³-hybridized carbons (Fsp3) is 0.778. The van der Waals surface area contributed by atoms with Crippen LogP contribution in [0.25, 0.3) is 0 Å². The number of hydrogen-bond donors (Lipinski definition) is 0. The van der Waals surface area contributed by atoms with Crippen LogP contribution in [0.15, 0.2) is 11.1 Å². The zero-order valence-electron chi connectivity index (χ0n) is 16.0. The zero-order chi connectivity index (χ0) is 19.0. The Morgan fingerprint density at radius 3 is 2.16 bits per heavy atom. The maximum absolute atomic E-state index is 13.4. The highest BCUT2D eigenvalue weighted by Crippen LogP contribution is 2.32. The van der Waals surface area contributed by atoms with Crippen LogP contribution in [-0.2, 0) is 9.47 Å². The van der Waals surface area contributed by atoms with Crippen molar-refractivity contribution in [2.45, 2.75) is 65.2 Å². The quantitative estimate of drug-likeness (QED) is 0.675. The maximum atomic E-state index is 13.4. The molecule has 2 heterocycles.